The van der Waals surface area contributed by atoms with Gasteiger partial charge in [0.25, 0.3) is 0 Å². The van der Waals surface area contributed by atoms with Crippen LogP contribution in [0.25, 0.3) is 0 Å². The van der Waals surface area contributed by atoms with E-state index in [9.17, 15) is 18.3 Å². The Bertz CT molecular complexity index is 586. The first-order valence-corrected chi connectivity index (χ1v) is 7.75. The number of methoxy groups -OCH3 is 1. The van der Waals surface area contributed by atoms with E-state index in [1.165, 1.54) is 19.2 Å². The van der Waals surface area contributed by atoms with Gasteiger partial charge in [-0.1, -0.05) is 19.8 Å². The molecule has 0 aliphatic heterocycles. The molecule has 1 atom stereocenters. The summed E-state index contributed by atoms with van der Waals surface area (Å²) in [6.45, 7) is 3.43. The van der Waals surface area contributed by atoms with E-state index >= 15 is 0 Å². The van der Waals surface area contributed by atoms with Crippen LogP contribution in [0.5, 0.6) is 5.75 Å². The molecule has 4 nitrogen and oxygen atoms in total. The van der Waals surface area contributed by atoms with E-state index in [0.29, 0.717) is 17.7 Å². The highest BCUT2D eigenvalue weighted by molar-refractivity contribution is 5.65. The number of ether oxygens (including phenoxy) is 1. The topological polar surface area (TPSA) is 45.1 Å². The second-order valence-corrected chi connectivity index (χ2v) is 6.01. The molecule has 0 saturated heterocycles. The molecule has 24 heavy (non-hydrogen) atoms. The average molecular weight is 346 g/mol. The van der Waals surface area contributed by atoms with Gasteiger partial charge in [-0.3, -0.25) is 0 Å². The normalized spacial score (nSPS) is 14.7. The summed E-state index contributed by atoms with van der Waals surface area (Å²) < 4.78 is 45.8. The van der Waals surface area contributed by atoms with E-state index in [4.69, 9.17) is 4.74 Å². The van der Waals surface area contributed by atoms with Crippen molar-refractivity contribution < 1.29 is 23.0 Å². The molecule has 0 bridgehead atoms. The molecule has 0 aromatic heterocycles. The second kappa shape index (κ2) is 7.88. The first-order chi connectivity index (χ1) is 11.1. The van der Waals surface area contributed by atoms with Gasteiger partial charge in [0, 0.05) is 25.7 Å². The minimum absolute atomic E-state index is 0.0255. The molecule has 1 rings (SSSR count). The summed E-state index contributed by atoms with van der Waals surface area (Å²) >= 11 is 0. The van der Waals surface area contributed by atoms with Crippen molar-refractivity contribution in [2.24, 2.45) is 4.99 Å². The standard InChI is InChI=1S/C17H25F3N2O2/c1-6-7-8-16(23,17(18,19)20)13-9-12(2)14(10-15(13)24-5)21-11-22(3)4/h9-11,23H,6-8H2,1-5H3. The van der Waals surface area contributed by atoms with Crippen LogP contribution in [0, 0.1) is 6.92 Å². The van der Waals surface area contributed by atoms with Crippen LogP contribution in [0.3, 0.4) is 0 Å². The third kappa shape index (κ3) is 4.41. The number of hydrogen-bond donors (Lipinski definition) is 1. The van der Waals surface area contributed by atoms with Crippen LogP contribution in [-0.2, 0) is 5.60 Å². The molecule has 0 heterocycles. The van der Waals surface area contributed by atoms with Crippen molar-refractivity contribution >= 4 is 12.0 Å². The smallest absolute Gasteiger partial charge is 0.421 e. The number of alkyl halides is 3. The van der Waals surface area contributed by atoms with Gasteiger partial charge in [-0.05, 0) is 25.0 Å². The van der Waals surface area contributed by atoms with Crippen LogP contribution >= 0.6 is 0 Å². The van der Waals surface area contributed by atoms with Crippen LogP contribution in [0.1, 0.15) is 37.3 Å². The van der Waals surface area contributed by atoms with Crippen molar-refractivity contribution in [2.45, 2.75) is 44.9 Å². The maximum Gasteiger partial charge on any atom is 0.421 e. The molecule has 0 aliphatic rings. The molecule has 1 N–H and O–H groups in total. The van der Waals surface area contributed by atoms with E-state index in [0.717, 1.165) is 0 Å². The van der Waals surface area contributed by atoms with Crippen molar-refractivity contribution in [3.05, 3.63) is 23.3 Å². The molecule has 136 valence electrons. The third-order valence-electron chi connectivity index (χ3n) is 3.75. The Morgan fingerprint density at radius 2 is 1.92 bits per heavy atom. The predicted molar refractivity (Wildman–Crippen MR) is 89.0 cm³/mol. The van der Waals surface area contributed by atoms with Crippen molar-refractivity contribution in [2.75, 3.05) is 21.2 Å². The maximum atomic E-state index is 13.6. The lowest BCUT2D eigenvalue weighted by molar-refractivity contribution is -0.270. The number of rotatable bonds is 7. The minimum atomic E-state index is -4.80. The molecule has 0 saturated carbocycles. The summed E-state index contributed by atoms with van der Waals surface area (Å²) in [5.41, 5.74) is -2.19. The zero-order valence-corrected chi connectivity index (χ0v) is 14.7. The summed E-state index contributed by atoms with van der Waals surface area (Å²) in [7, 11) is 4.86. The Kier molecular flexibility index (Phi) is 6.66. The van der Waals surface area contributed by atoms with Crippen molar-refractivity contribution in [3.8, 4) is 5.75 Å². The zero-order valence-electron chi connectivity index (χ0n) is 14.7. The van der Waals surface area contributed by atoms with Crippen molar-refractivity contribution in [1.29, 1.82) is 0 Å². The van der Waals surface area contributed by atoms with E-state index in [-0.39, 0.29) is 17.7 Å². The number of aliphatic hydroxyl groups is 1. The number of nitrogens with zero attached hydrogens (tertiary/aromatic N) is 2. The molecule has 0 fully saturated rings. The largest absolute Gasteiger partial charge is 0.496 e. The average Bonchev–Trinajstić information content (AvgIpc) is 2.49. The Morgan fingerprint density at radius 3 is 2.38 bits per heavy atom. The zero-order chi connectivity index (χ0) is 18.5. The van der Waals surface area contributed by atoms with Gasteiger partial charge in [0.2, 0.25) is 0 Å². The molecule has 1 unspecified atom stereocenters. The van der Waals surface area contributed by atoms with Gasteiger partial charge in [-0.15, -0.1) is 0 Å². The van der Waals surface area contributed by atoms with E-state index in [1.807, 2.05) is 0 Å². The fraction of sp³-hybridized carbons (Fsp3) is 0.588. The van der Waals surface area contributed by atoms with Gasteiger partial charge in [0.05, 0.1) is 19.1 Å². The van der Waals surface area contributed by atoms with Crippen LogP contribution in [0.2, 0.25) is 0 Å². The third-order valence-corrected chi connectivity index (χ3v) is 3.75. The van der Waals surface area contributed by atoms with Gasteiger partial charge < -0.3 is 14.7 Å². The number of benzene rings is 1. The molecule has 1 aromatic rings. The fourth-order valence-corrected chi connectivity index (χ4v) is 2.35. The Hall–Kier alpha value is -1.76. The monoisotopic (exact) mass is 346 g/mol. The summed E-state index contributed by atoms with van der Waals surface area (Å²) in [5, 5.41) is 10.4. The van der Waals surface area contributed by atoms with Crippen LogP contribution in [-0.4, -0.2) is 43.7 Å². The molecule has 0 radical (unpaired) electrons. The number of aliphatic imine (C=N–C) groups is 1. The summed E-state index contributed by atoms with van der Waals surface area (Å²) in [5.74, 6) is -0.0255. The van der Waals surface area contributed by atoms with Crippen LogP contribution < -0.4 is 4.74 Å². The van der Waals surface area contributed by atoms with Gasteiger partial charge in [-0.25, -0.2) is 4.99 Å². The number of unbranched alkanes of at least 4 members (excludes halogenated alkanes) is 1. The van der Waals surface area contributed by atoms with Crippen molar-refractivity contribution in [1.82, 2.24) is 4.90 Å². The maximum absolute atomic E-state index is 13.6. The molecular formula is C17H25F3N2O2. The summed E-state index contributed by atoms with van der Waals surface area (Å²) in [4.78, 5) is 5.93. The highest BCUT2D eigenvalue weighted by atomic mass is 19.4. The number of halogens is 3. The Balaban J connectivity index is 3.47. The van der Waals surface area contributed by atoms with Gasteiger partial charge >= 0.3 is 6.18 Å². The highest BCUT2D eigenvalue weighted by Crippen LogP contribution is 2.47. The molecule has 1 aromatic carbocycles. The highest BCUT2D eigenvalue weighted by Gasteiger charge is 2.55. The lowest BCUT2D eigenvalue weighted by Crippen LogP contribution is -2.42. The van der Waals surface area contributed by atoms with Gasteiger partial charge in [-0.2, -0.15) is 13.2 Å². The van der Waals surface area contributed by atoms with Crippen LogP contribution in [0.15, 0.2) is 17.1 Å². The molecular weight excluding hydrogens is 321 g/mol. The van der Waals surface area contributed by atoms with Crippen molar-refractivity contribution in [3.63, 3.8) is 0 Å². The SMILES string of the molecule is CCCCC(O)(c1cc(C)c(N=CN(C)C)cc1OC)C(F)(F)F. The first-order valence-electron chi connectivity index (χ1n) is 7.75. The Morgan fingerprint density at radius 1 is 1.29 bits per heavy atom. The first kappa shape index (κ1) is 20.3. The molecule has 0 aliphatic carbocycles. The summed E-state index contributed by atoms with van der Waals surface area (Å²) in [6.07, 6.45) is -2.86. The number of hydrogen-bond acceptors (Lipinski definition) is 3. The quantitative estimate of drug-likeness (QED) is 0.595. The van der Waals surface area contributed by atoms with Gasteiger partial charge in [0.15, 0.2) is 5.60 Å². The van der Waals surface area contributed by atoms with Gasteiger partial charge in [0.1, 0.15) is 5.75 Å². The number of aryl methyl sites for hydroxylation is 1. The Labute approximate surface area is 141 Å². The lowest BCUT2D eigenvalue weighted by Gasteiger charge is -2.32. The van der Waals surface area contributed by atoms with Crippen LogP contribution in [0.4, 0.5) is 18.9 Å². The minimum Gasteiger partial charge on any atom is -0.496 e. The summed E-state index contributed by atoms with van der Waals surface area (Å²) in [6, 6.07) is 2.73. The molecule has 7 heteroatoms. The lowest BCUT2D eigenvalue weighted by atomic mass is 9.86. The van der Waals surface area contributed by atoms with E-state index in [1.54, 1.807) is 39.2 Å². The fourth-order valence-electron chi connectivity index (χ4n) is 2.35. The van der Waals surface area contributed by atoms with E-state index in [2.05, 4.69) is 4.99 Å². The van der Waals surface area contributed by atoms with E-state index < -0.39 is 18.2 Å². The molecule has 0 spiro atoms. The molecule has 0 amide bonds. The second-order valence-electron chi connectivity index (χ2n) is 6.01. The predicted octanol–water partition coefficient (Wildman–Crippen LogP) is 4.17.